The van der Waals surface area contributed by atoms with Crippen LogP contribution in [0.5, 0.6) is 5.75 Å². The molecular weight excluding hydrogens is 669 g/mol. The Balaban J connectivity index is 2.10. The standard InChI is InChI=1S/C35H47F2N5O5SSi/c1-22-18-27(46-31(36)37)28(24-14-15-41(29(22)24)32(43)47-33(2,3)4)35(8,40-48(44)34(5,6)7)30-39-25-13-12-23(20-38)19-26(25)42(30)21-45-16-17-49(9,10)11/h12-15,18-19,31,40H,16-17,21H2,1-11H3. The topological polar surface area (TPSA) is 120 Å². The van der Waals surface area contributed by atoms with E-state index in [0.29, 0.717) is 39.7 Å². The minimum Gasteiger partial charge on any atom is -0.443 e. The summed E-state index contributed by atoms with van der Waals surface area (Å²) in [5.41, 5.74) is 0.156. The normalized spacial score (nSPS) is 14.6. The summed E-state index contributed by atoms with van der Waals surface area (Å²) in [6.45, 7) is 18.0. The van der Waals surface area contributed by atoms with E-state index < -0.39 is 47.7 Å². The third kappa shape index (κ3) is 8.57. The molecule has 0 aliphatic rings. The number of fused-ring (bicyclic) bond motifs is 2. The number of hydrogen-bond donors (Lipinski definition) is 1. The van der Waals surface area contributed by atoms with E-state index in [0.717, 1.165) is 6.04 Å². The monoisotopic (exact) mass is 715 g/mol. The molecular formula is C35H47F2N5O5SSi. The van der Waals surface area contributed by atoms with Crippen LogP contribution >= 0.6 is 0 Å². The fourth-order valence-electron chi connectivity index (χ4n) is 5.46. The van der Waals surface area contributed by atoms with Crippen molar-refractivity contribution in [2.75, 3.05) is 6.61 Å². The van der Waals surface area contributed by atoms with E-state index in [9.17, 15) is 23.0 Å². The molecule has 0 saturated carbocycles. The molecule has 2 unspecified atom stereocenters. The molecule has 2 heterocycles. The first kappa shape index (κ1) is 38.2. The van der Waals surface area contributed by atoms with Crippen molar-refractivity contribution in [3.8, 4) is 11.8 Å². The van der Waals surface area contributed by atoms with Gasteiger partial charge in [-0.05, 0) is 97.3 Å². The molecule has 0 fully saturated rings. The lowest BCUT2D eigenvalue weighted by atomic mass is 9.87. The second-order valence-corrected chi connectivity index (χ2v) is 23.1. The van der Waals surface area contributed by atoms with Crippen molar-refractivity contribution in [3.05, 3.63) is 59.0 Å². The van der Waals surface area contributed by atoms with E-state index in [4.69, 9.17) is 19.2 Å². The maximum absolute atomic E-state index is 14.2. The number of carbonyl (C=O) groups is 1. The third-order valence-corrected chi connectivity index (χ3v) is 11.2. The molecule has 10 nitrogen and oxygen atoms in total. The lowest BCUT2D eigenvalue weighted by molar-refractivity contribution is -0.0508. The van der Waals surface area contributed by atoms with Crippen molar-refractivity contribution < 1.29 is 32.0 Å². The summed E-state index contributed by atoms with van der Waals surface area (Å²) in [7, 11) is -3.23. The van der Waals surface area contributed by atoms with Crippen molar-refractivity contribution >= 4 is 47.1 Å². The van der Waals surface area contributed by atoms with Crippen molar-refractivity contribution in [2.24, 2.45) is 0 Å². The largest absolute Gasteiger partial charge is 0.443 e. The highest BCUT2D eigenvalue weighted by molar-refractivity contribution is 7.84. The molecule has 0 spiro atoms. The van der Waals surface area contributed by atoms with Gasteiger partial charge in [0.15, 0.2) is 0 Å². The number of rotatable bonds is 11. The quantitative estimate of drug-likeness (QED) is 0.123. The van der Waals surface area contributed by atoms with Gasteiger partial charge in [0, 0.05) is 31.8 Å². The van der Waals surface area contributed by atoms with Gasteiger partial charge in [-0.2, -0.15) is 14.0 Å². The fraction of sp³-hybridized carbons (Fsp3) is 0.514. The summed E-state index contributed by atoms with van der Waals surface area (Å²) in [5.74, 6) is 0.108. The van der Waals surface area contributed by atoms with E-state index in [1.54, 1.807) is 84.2 Å². The van der Waals surface area contributed by atoms with E-state index in [2.05, 4.69) is 30.4 Å². The first-order chi connectivity index (χ1) is 22.6. The van der Waals surface area contributed by atoms with Gasteiger partial charge in [0.25, 0.3) is 0 Å². The Hall–Kier alpha value is -3.64. The van der Waals surface area contributed by atoms with Crippen molar-refractivity contribution in [3.63, 3.8) is 0 Å². The van der Waals surface area contributed by atoms with Gasteiger partial charge in [0.1, 0.15) is 29.4 Å². The van der Waals surface area contributed by atoms with E-state index in [1.165, 1.54) is 16.8 Å². The Morgan fingerprint density at radius 3 is 2.35 bits per heavy atom. The Morgan fingerprint density at radius 1 is 1.10 bits per heavy atom. The fourth-order valence-corrected chi connectivity index (χ4v) is 7.09. The molecule has 49 heavy (non-hydrogen) atoms. The van der Waals surface area contributed by atoms with E-state index >= 15 is 0 Å². The van der Waals surface area contributed by atoms with Gasteiger partial charge in [-0.25, -0.2) is 18.7 Å². The van der Waals surface area contributed by atoms with Gasteiger partial charge in [-0.15, -0.1) is 0 Å². The van der Waals surface area contributed by atoms with Crippen LogP contribution in [0.2, 0.25) is 25.7 Å². The highest BCUT2D eigenvalue weighted by Crippen LogP contribution is 2.44. The zero-order valence-corrected chi connectivity index (χ0v) is 32.0. The Bertz CT molecular complexity index is 1930. The van der Waals surface area contributed by atoms with Crippen LogP contribution < -0.4 is 9.46 Å². The molecule has 0 bridgehead atoms. The number of ether oxygens (including phenoxy) is 3. The third-order valence-electron chi connectivity index (χ3n) is 7.82. The number of aryl methyl sites for hydroxylation is 1. The molecule has 4 rings (SSSR count). The number of hydrogen-bond acceptors (Lipinski definition) is 7. The van der Waals surface area contributed by atoms with Crippen molar-refractivity contribution in [1.29, 1.82) is 5.26 Å². The molecule has 266 valence electrons. The predicted molar refractivity (Wildman–Crippen MR) is 191 cm³/mol. The molecule has 0 radical (unpaired) electrons. The zero-order chi connectivity index (χ0) is 36.7. The van der Waals surface area contributed by atoms with Gasteiger partial charge >= 0.3 is 12.7 Å². The summed E-state index contributed by atoms with van der Waals surface area (Å²) in [4.78, 5) is 18.4. The van der Waals surface area contributed by atoms with Crippen LogP contribution in [-0.4, -0.2) is 56.1 Å². The molecule has 0 amide bonds. The molecule has 0 aliphatic carbocycles. The molecule has 1 N–H and O–H groups in total. The number of alkyl halides is 2. The molecule has 2 aromatic heterocycles. The number of imidazole rings is 1. The minimum atomic E-state index is -3.19. The average Bonchev–Trinajstić information content (AvgIpc) is 3.55. The highest BCUT2D eigenvalue weighted by Gasteiger charge is 2.43. The first-order valence-electron chi connectivity index (χ1n) is 16.1. The van der Waals surface area contributed by atoms with Crippen LogP contribution in [0.15, 0.2) is 36.5 Å². The Labute approximate surface area is 290 Å². The lowest BCUT2D eigenvalue weighted by Gasteiger charge is -2.35. The summed E-state index contributed by atoms with van der Waals surface area (Å²) in [5, 5.41) is 10.1. The Kier molecular flexibility index (Phi) is 10.9. The van der Waals surface area contributed by atoms with Crippen LogP contribution in [0.1, 0.15) is 71.0 Å². The summed E-state index contributed by atoms with van der Waals surface area (Å²) in [6.07, 6.45) is 0.864. The molecule has 0 saturated heterocycles. The number of nitrogens with zero attached hydrogens (tertiary/aromatic N) is 4. The first-order valence-corrected chi connectivity index (χ1v) is 20.9. The van der Waals surface area contributed by atoms with Gasteiger partial charge in [0.2, 0.25) is 0 Å². The number of halogens is 2. The molecule has 4 aromatic rings. The van der Waals surface area contributed by atoms with Gasteiger partial charge < -0.3 is 18.8 Å². The maximum Gasteiger partial charge on any atom is 0.419 e. The molecule has 14 heteroatoms. The van der Waals surface area contributed by atoms with Crippen LogP contribution in [0, 0.1) is 18.3 Å². The zero-order valence-electron chi connectivity index (χ0n) is 30.2. The summed E-state index contributed by atoms with van der Waals surface area (Å²) >= 11 is 0. The predicted octanol–water partition coefficient (Wildman–Crippen LogP) is 8.18. The van der Waals surface area contributed by atoms with Gasteiger partial charge in [0.05, 0.1) is 43.9 Å². The average molecular weight is 716 g/mol. The summed E-state index contributed by atoms with van der Waals surface area (Å²) in [6, 6.07) is 11.2. The smallest absolute Gasteiger partial charge is 0.419 e. The number of nitriles is 1. The van der Waals surface area contributed by atoms with Crippen LogP contribution in [0.3, 0.4) is 0 Å². The molecule has 2 atom stereocenters. The lowest BCUT2D eigenvalue weighted by Crippen LogP contribution is -2.48. The number of nitrogens with one attached hydrogen (secondary N) is 1. The molecule has 0 aliphatic heterocycles. The van der Waals surface area contributed by atoms with Crippen molar-refractivity contribution in [1.82, 2.24) is 18.8 Å². The maximum atomic E-state index is 14.2. The van der Waals surface area contributed by atoms with E-state index in [1.807, 2.05) is 0 Å². The number of carbonyl (C=O) groups excluding carboxylic acids is 1. The SMILES string of the molecule is Cc1cc(OC(F)F)c(C(C)(NS(=O)C(C)(C)C)c2nc3ccc(C#N)cc3n2COCC[Si](C)(C)C)c2ccn(C(=O)OC(C)(C)C)c12. The second-order valence-electron chi connectivity index (χ2n) is 15.5. The highest BCUT2D eigenvalue weighted by atomic mass is 32.2. The molecule has 2 aromatic carbocycles. The van der Waals surface area contributed by atoms with Gasteiger partial charge in [-0.1, -0.05) is 19.6 Å². The Morgan fingerprint density at radius 2 is 1.78 bits per heavy atom. The number of benzene rings is 2. The minimum absolute atomic E-state index is 0.0174. The van der Waals surface area contributed by atoms with Crippen LogP contribution in [-0.2, 0) is 32.7 Å². The van der Waals surface area contributed by atoms with E-state index in [-0.39, 0.29) is 23.9 Å². The van der Waals surface area contributed by atoms with Crippen molar-refractivity contribution in [2.45, 2.75) is 110 Å². The van der Waals surface area contributed by atoms with Crippen LogP contribution in [0.4, 0.5) is 13.6 Å². The summed E-state index contributed by atoms with van der Waals surface area (Å²) < 4.78 is 65.0. The van der Waals surface area contributed by atoms with Gasteiger partial charge in [-0.3, -0.25) is 4.57 Å². The van der Waals surface area contributed by atoms with Crippen LogP contribution in [0.25, 0.3) is 21.9 Å². The second kappa shape index (κ2) is 13.9. The number of aromatic nitrogens is 3.